The van der Waals surface area contributed by atoms with E-state index in [1.54, 1.807) is 19.2 Å². The molecule has 3 nitrogen and oxygen atoms in total. The molecule has 0 aliphatic rings. The zero-order valence-electron chi connectivity index (χ0n) is 15.8. The van der Waals surface area contributed by atoms with E-state index in [0.29, 0.717) is 21.4 Å². The van der Waals surface area contributed by atoms with Crippen molar-refractivity contribution in [3.05, 3.63) is 82.0 Å². The summed E-state index contributed by atoms with van der Waals surface area (Å²) in [4.78, 5) is 4.71. The van der Waals surface area contributed by atoms with Gasteiger partial charge in [0.2, 0.25) is 0 Å². The van der Waals surface area contributed by atoms with Crippen LogP contribution in [-0.2, 0) is 0 Å². The largest absolute Gasteiger partial charge is 0.495 e. The highest BCUT2D eigenvalue weighted by molar-refractivity contribution is 6.39. The fraction of sp³-hybridized carbons (Fsp3) is 0.0833. The quantitative estimate of drug-likeness (QED) is 0.357. The van der Waals surface area contributed by atoms with E-state index >= 15 is 0 Å². The standard InChI is InChI=1S/C24H16Cl2N2O/c1-14-23(24(26)19-11-20(25)22(29-2)12-21(19)28-14)18-9-7-17(8-10-18)16-5-3-15(13-27)4-6-16/h3-12H,1-2H3. The molecule has 5 heteroatoms. The Hall–Kier alpha value is -3.06. The van der Waals surface area contributed by atoms with Gasteiger partial charge in [-0.3, -0.25) is 4.98 Å². The molecule has 0 atom stereocenters. The summed E-state index contributed by atoms with van der Waals surface area (Å²) in [6, 6.07) is 21.4. The molecule has 0 spiro atoms. The van der Waals surface area contributed by atoms with E-state index in [2.05, 4.69) is 6.07 Å². The topological polar surface area (TPSA) is 45.9 Å². The average molecular weight is 419 g/mol. The van der Waals surface area contributed by atoms with Crippen molar-refractivity contribution < 1.29 is 4.74 Å². The van der Waals surface area contributed by atoms with E-state index < -0.39 is 0 Å². The molecule has 0 saturated heterocycles. The van der Waals surface area contributed by atoms with Crippen LogP contribution in [0.5, 0.6) is 5.75 Å². The first-order valence-corrected chi connectivity index (χ1v) is 9.71. The molecule has 142 valence electrons. The van der Waals surface area contributed by atoms with Crippen LogP contribution in [0.15, 0.2) is 60.7 Å². The Morgan fingerprint density at radius 1 is 0.897 bits per heavy atom. The smallest absolute Gasteiger partial charge is 0.139 e. The number of aryl methyl sites for hydroxylation is 1. The maximum Gasteiger partial charge on any atom is 0.139 e. The Morgan fingerprint density at radius 3 is 2.07 bits per heavy atom. The molecule has 0 N–H and O–H groups in total. The van der Waals surface area contributed by atoms with Gasteiger partial charge in [0.15, 0.2) is 0 Å². The van der Waals surface area contributed by atoms with Crippen LogP contribution in [0.3, 0.4) is 0 Å². The van der Waals surface area contributed by atoms with Gasteiger partial charge in [-0.1, -0.05) is 59.6 Å². The van der Waals surface area contributed by atoms with Crippen LogP contribution < -0.4 is 4.74 Å². The highest BCUT2D eigenvalue weighted by Crippen LogP contribution is 2.39. The molecule has 0 amide bonds. The van der Waals surface area contributed by atoms with E-state index in [0.717, 1.165) is 38.9 Å². The predicted octanol–water partition coefficient (Wildman–Crippen LogP) is 7.06. The van der Waals surface area contributed by atoms with E-state index in [9.17, 15) is 0 Å². The van der Waals surface area contributed by atoms with Crippen molar-refractivity contribution in [2.75, 3.05) is 7.11 Å². The number of halogens is 2. The zero-order valence-corrected chi connectivity index (χ0v) is 17.3. The van der Waals surface area contributed by atoms with Crippen molar-refractivity contribution in [3.8, 4) is 34.1 Å². The average Bonchev–Trinajstić information content (AvgIpc) is 2.74. The highest BCUT2D eigenvalue weighted by atomic mass is 35.5. The Kier molecular flexibility index (Phi) is 5.15. The van der Waals surface area contributed by atoms with Crippen molar-refractivity contribution in [3.63, 3.8) is 0 Å². The van der Waals surface area contributed by atoms with E-state index in [1.165, 1.54) is 0 Å². The molecule has 3 aromatic carbocycles. The third kappa shape index (κ3) is 3.53. The molecule has 4 aromatic rings. The molecule has 0 radical (unpaired) electrons. The number of nitrogens with zero attached hydrogens (tertiary/aromatic N) is 2. The maximum absolute atomic E-state index is 8.95. The first-order valence-electron chi connectivity index (χ1n) is 8.96. The maximum atomic E-state index is 8.95. The third-order valence-electron chi connectivity index (χ3n) is 4.90. The van der Waals surface area contributed by atoms with Crippen molar-refractivity contribution in [2.24, 2.45) is 0 Å². The lowest BCUT2D eigenvalue weighted by atomic mass is 9.98. The van der Waals surface area contributed by atoms with E-state index in [1.807, 2.05) is 55.5 Å². The predicted molar refractivity (Wildman–Crippen MR) is 119 cm³/mol. The van der Waals surface area contributed by atoms with E-state index in [-0.39, 0.29) is 0 Å². The second-order valence-electron chi connectivity index (χ2n) is 6.66. The van der Waals surface area contributed by atoms with Crippen LogP contribution in [0, 0.1) is 18.3 Å². The molecule has 0 fully saturated rings. The lowest BCUT2D eigenvalue weighted by molar-refractivity contribution is 0.415. The van der Waals surface area contributed by atoms with Gasteiger partial charge in [0.05, 0.1) is 34.3 Å². The Labute approximate surface area is 179 Å². The minimum absolute atomic E-state index is 0.495. The molecule has 29 heavy (non-hydrogen) atoms. The number of fused-ring (bicyclic) bond motifs is 1. The van der Waals surface area contributed by atoms with Gasteiger partial charge in [-0.15, -0.1) is 0 Å². The first-order chi connectivity index (χ1) is 14.0. The molecule has 1 heterocycles. The summed E-state index contributed by atoms with van der Waals surface area (Å²) >= 11 is 13.1. The molecule has 0 aliphatic carbocycles. The minimum Gasteiger partial charge on any atom is -0.495 e. The summed E-state index contributed by atoms with van der Waals surface area (Å²) in [7, 11) is 1.57. The summed E-state index contributed by atoms with van der Waals surface area (Å²) < 4.78 is 5.28. The van der Waals surface area contributed by atoms with Crippen molar-refractivity contribution >= 4 is 34.1 Å². The van der Waals surface area contributed by atoms with Gasteiger partial charge in [0, 0.05) is 22.7 Å². The summed E-state index contributed by atoms with van der Waals surface area (Å²) in [6.45, 7) is 1.94. The van der Waals surface area contributed by atoms with Gasteiger partial charge in [-0.05, 0) is 41.8 Å². The van der Waals surface area contributed by atoms with Crippen LogP contribution in [0.1, 0.15) is 11.3 Å². The van der Waals surface area contributed by atoms with Crippen molar-refractivity contribution in [1.29, 1.82) is 5.26 Å². The monoisotopic (exact) mass is 418 g/mol. The van der Waals surface area contributed by atoms with Gasteiger partial charge < -0.3 is 4.74 Å². The number of hydrogen-bond donors (Lipinski definition) is 0. The number of benzene rings is 3. The molecule has 0 unspecified atom stereocenters. The van der Waals surface area contributed by atoms with Crippen molar-refractivity contribution in [2.45, 2.75) is 6.92 Å². The lowest BCUT2D eigenvalue weighted by Gasteiger charge is -2.13. The fourth-order valence-corrected chi connectivity index (χ4v) is 4.04. The number of methoxy groups -OCH3 is 1. The van der Waals surface area contributed by atoms with Gasteiger partial charge in [-0.2, -0.15) is 5.26 Å². The molecule has 4 rings (SSSR count). The molecule has 0 aliphatic heterocycles. The Morgan fingerprint density at radius 2 is 1.48 bits per heavy atom. The summed E-state index contributed by atoms with van der Waals surface area (Å²) in [6.07, 6.45) is 0. The van der Waals surface area contributed by atoms with Crippen LogP contribution in [0.25, 0.3) is 33.2 Å². The molecular formula is C24H16Cl2N2O. The van der Waals surface area contributed by atoms with Gasteiger partial charge in [0.1, 0.15) is 5.75 Å². The first kappa shape index (κ1) is 19.3. The summed E-state index contributed by atoms with van der Waals surface area (Å²) in [5.74, 6) is 0.571. The minimum atomic E-state index is 0.495. The van der Waals surface area contributed by atoms with Gasteiger partial charge in [-0.25, -0.2) is 0 Å². The molecular weight excluding hydrogens is 403 g/mol. The second kappa shape index (κ2) is 7.75. The normalized spacial score (nSPS) is 10.7. The second-order valence-corrected chi connectivity index (χ2v) is 7.44. The molecule has 0 saturated carbocycles. The number of hydrogen-bond acceptors (Lipinski definition) is 3. The number of ether oxygens (including phenoxy) is 1. The summed E-state index contributed by atoms with van der Waals surface area (Å²) in [5, 5.41) is 10.8. The molecule has 0 bridgehead atoms. The Bertz CT molecular complexity index is 1260. The number of pyridine rings is 1. The van der Waals surface area contributed by atoms with Crippen LogP contribution >= 0.6 is 23.2 Å². The third-order valence-corrected chi connectivity index (χ3v) is 5.58. The zero-order chi connectivity index (χ0) is 20.5. The highest BCUT2D eigenvalue weighted by Gasteiger charge is 2.15. The van der Waals surface area contributed by atoms with E-state index in [4.69, 9.17) is 38.2 Å². The number of aromatic nitrogens is 1. The molecule has 1 aromatic heterocycles. The van der Waals surface area contributed by atoms with Crippen LogP contribution in [0.2, 0.25) is 10.0 Å². The lowest BCUT2D eigenvalue weighted by Crippen LogP contribution is -1.94. The summed E-state index contributed by atoms with van der Waals surface area (Å²) in [5.41, 5.74) is 6.19. The van der Waals surface area contributed by atoms with Crippen LogP contribution in [-0.4, -0.2) is 12.1 Å². The van der Waals surface area contributed by atoms with Crippen molar-refractivity contribution in [1.82, 2.24) is 4.98 Å². The SMILES string of the molecule is COc1cc2nc(C)c(-c3ccc(-c4ccc(C#N)cc4)cc3)c(Cl)c2cc1Cl. The Balaban J connectivity index is 1.79. The van der Waals surface area contributed by atoms with Gasteiger partial charge in [0.25, 0.3) is 0 Å². The number of rotatable bonds is 3. The number of nitriles is 1. The van der Waals surface area contributed by atoms with Crippen LogP contribution in [0.4, 0.5) is 0 Å². The van der Waals surface area contributed by atoms with Gasteiger partial charge >= 0.3 is 0 Å². The fourth-order valence-electron chi connectivity index (χ4n) is 3.40.